The van der Waals surface area contributed by atoms with Gasteiger partial charge in [0.25, 0.3) is 11.8 Å². The van der Waals surface area contributed by atoms with Crippen molar-refractivity contribution < 1.29 is 23.9 Å². The first kappa shape index (κ1) is 20.8. The first-order chi connectivity index (χ1) is 15.0. The number of anilines is 2. The Morgan fingerprint density at radius 3 is 2.35 bits per heavy atom. The van der Waals surface area contributed by atoms with Crippen molar-refractivity contribution in [2.24, 2.45) is 0 Å². The summed E-state index contributed by atoms with van der Waals surface area (Å²) in [6.07, 6.45) is 2.73. The monoisotopic (exact) mass is 420 g/mol. The summed E-state index contributed by atoms with van der Waals surface area (Å²) < 4.78 is 5.18. The van der Waals surface area contributed by atoms with Gasteiger partial charge in [0, 0.05) is 12.0 Å². The van der Waals surface area contributed by atoms with E-state index in [1.165, 1.54) is 4.90 Å². The number of para-hydroxylation sites is 2. The van der Waals surface area contributed by atoms with Gasteiger partial charge in [0.1, 0.15) is 5.54 Å². The lowest BCUT2D eigenvalue weighted by Crippen LogP contribution is -2.61. The van der Waals surface area contributed by atoms with E-state index in [-0.39, 0.29) is 24.5 Å². The molecule has 2 aromatic carbocycles. The number of carbonyl (C=O) groups is 4. The molecule has 1 N–H and O–H groups in total. The van der Waals surface area contributed by atoms with Crippen LogP contribution in [0.3, 0.4) is 0 Å². The lowest BCUT2D eigenvalue weighted by atomic mass is 9.90. The summed E-state index contributed by atoms with van der Waals surface area (Å²) in [4.78, 5) is 51.9. The highest BCUT2D eigenvalue weighted by molar-refractivity contribution is 6.15. The standard InChI is InChI=1S/C24H24N2O5/c27-20(17-8-2-1-3-9-17)12-13-22(29)31-16-21(28)26-19-11-5-4-10-18(19)25-23(30)24(26)14-6-7-15-24/h1-5,8-11H,6-7,12-16H2,(H,25,30). The van der Waals surface area contributed by atoms with Gasteiger partial charge in [-0.3, -0.25) is 24.1 Å². The van der Waals surface area contributed by atoms with Crippen molar-refractivity contribution in [1.82, 2.24) is 0 Å². The summed E-state index contributed by atoms with van der Waals surface area (Å²) in [6.45, 7) is -0.471. The molecule has 1 saturated carbocycles. The fourth-order valence-corrected chi connectivity index (χ4v) is 4.39. The number of hydrogen-bond acceptors (Lipinski definition) is 5. The van der Waals surface area contributed by atoms with E-state index in [9.17, 15) is 19.2 Å². The molecule has 2 amide bonds. The molecule has 31 heavy (non-hydrogen) atoms. The van der Waals surface area contributed by atoms with Gasteiger partial charge in [-0.05, 0) is 25.0 Å². The molecule has 0 radical (unpaired) electrons. The van der Waals surface area contributed by atoms with Gasteiger partial charge in [0.05, 0.1) is 17.8 Å². The van der Waals surface area contributed by atoms with Crippen molar-refractivity contribution in [2.75, 3.05) is 16.8 Å². The first-order valence-electron chi connectivity index (χ1n) is 10.5. The zero-order valence-corrected chi connectivity index (χ0v) is 17.1. The number of fused-ring (bicyclic) bond motifs is 1. The van der Waals surface area contributed by atoms with E-state index >= 15 is 0 Å². The molecule has 0 unspecified atom stereocenters. The zero-order valence-electron chi connectivity index (χ0n) is 17.1. The van der Waals surface area contributed by atoms with Crippen LogP contribution >= 0.6 is 0 Å². The van der Waals surface area contributed by atoms with Crippen molar-refractivity contribution >= 4 is 34.9 Å². The molecule has 1 fully saturated rings. The van der Waals surface area contributed by atoms with Crippen LogP contribution < -0.4 is 10.2 Å². The van der Waals surface area contributed by atoms with Crippen molar-refractivity contribution in [1.29, 1.82) is 0 Å². The first-order valence-corrected chi connectivity index (χ1v) is 10.5. The van der Waals surface area contributed by atoms with Gasteiger partial charge in [-0.15, -0.1) is 0 Å². The van der Waals surface area contributed by atoms with E-state index in [0.717, 1.165) is 12.8 Å². The summed E-state index contributed by atoms with van der Waals surface area (Å²) >= 11 is 0. The average Bonchev–Trinajstić information content (AvgIpc) is 3.27. The molecule has 1 aliphatic heterocycles. The summed E-state index contributed by atoms with van der Waals surface area (Å²) in [7, 11) is 0. The number of rotatable bonds is 6. The maximum Gasteiger partial charge on any atom is 0.306 e. The number of ketones is 1. The number of hydrogen-bond donors (Lipinski definition) is 1. The zero-order chi connectivity index (χ0) is 21.8. The smallest absolute Gasteiger partial charge is 0.306 e. The topological polar surface area (TPSA) is 92.8 Å². The molecule has 2 aromatic rings. The van der Waals surface area contributed by atoms with E-state index in [2.05, 4.69) is 5.32 Å². The molecular formula is C24H24N2O5. The molecule has 7 nitrogen and oxygen atoms in total. The fourth-order valence-electron chi connectivity index (χ4n) is 4.39. The number of Topliss-reactive ketones (excluding diaryl/α,β-unsaturated/α-hetero) is 1. The highest BCUT2D eigenvalue weighted by atomic mass is 16.5. The fraction of sp³-hybridized carbons (Fsp3) is 0.333. The predicted molar refractivity (Wildman–Crippen MR) is 115 cm³/mol. The second-order valence-electron chi connectivity index (χ2n) is 7.89. The van der Waals surface area contributed by atoms with Crippen molar-refractivity contribution in [2.45, 2.75) is 44.1 Å². The van der Waals surface area contributed by atoms with E-state index in [0.29, 0.717) is 29.8 Å². The van der Waals surface area contributed by atoms with Crippen molar-refractivity contribution in [3.8, 4) is 0 Å². The highest BCUT2D eigenvalue weighted by Gasteiger charge is 2.52. The van der Waals surface area contributed by atoms with E-state index in [1.54, 1.807) is 48.5 Å². The molecule has 1 heterocycles. The van der Waals surface area contributed by atoms with Crippen LogP contribution in [0, 0.1) is 0 Å². The Kier molecular flexibility index (Phi) is 5.84. The normalized spacial score (nSPS) is 16.5. The van der Waals surface area contributed by atoms with E-state index in [1.807, 2.05) is 6.07 Å². The summed E-state index contributed by atoms with van der Waals surface area (Å²) in [6, 6.07) is 15.8. The van der Waals surface area contributed by atoms with Crippen molar-refractivity contribution in [3.63, 3.8) is 0 Å². The third-order valence-electron chi connectivity index (χ3n) is 5.93. The maximum absolute atomic E-state index is 13.1. The highest BCUT2D eigenvalue weighted by Crippen LogP contribution is 2.45. The Bertz CT molecular complexity index is 1010. The number of carbonyl (C=O) groups excluding carboxylic acids is 4. The van der Waals surface area contributed by atoms with Gasteiger partial charge in [0.2, 0.25) is 0 Å². The second-order valence-corrected chi connectivity index (χ2v) is 7.89. The molecular weight excluding hydrogens is 396 g/mol. The predicted octanol–water partition coefficient (Wildman–Crippen LogP) is 3.49. The Morgan fingerprint density at radius 1 is 0.935 bits per heavy atom. The molecule has 1 aliphatic carbocycles. The lowest BCUT2D eigenvalue weighted by Gasteiger charge is -2.44. The van der Waals surface area contributed by atoms with Gasteiger partial charge < -0.3 is 10.1 Å². The van der Waals surface area contributed by atoms with Gasteiger partial charge in [-0.25, -0.2) is 0 Å². The van der Waals surface area contributed by atoms with Gasteiger partial charge in [-0.2, -0.15) is 0 Å². The number of amides is 2. The SMILES string of the molecule is O=C(CCC(=O)c1ccccc1)OCC(=O)N1c2ccccc2NC(=O)C12CCCC2. The Hall–Kier alpha value is -3.48. The maximum atomic E-state index is 13.1. The molecule has 0 bridgehead atoms. The van der Waals surface area contributed by atoms with E-state index in [4.69, 9.17) is 4.74 Å². The summed E-state index contributed by atoms with van der Waals surface area (Å²) in [5.41, 5.74) is 0.772. The van der Waals surface area contributed by atoms with E-state index < -0.39 is 24.0 Å². The minimum Gasteiger partial charge on any atom is -0.456 e. The van der Waals surface area contributed by atoms with Crippen LogP contribution in [0.4, 0.5) is 11.4 Å². The Morgan fingerprint density at radius 2 is 1.61 bits per heavy atom. The van der Waals surface area contributed by atoms with Gasteiger partial charge in [-0.1, -0.05) is 55.3 Å². The van der Waals surface area contributed by atoms with Gasteiger partial charge in [0.15, 0.2) is 12.4 Å². The molecule has 2 aliphatic rings. The van der Waals surface area contributed by atoms with Gasteiger partial charge >= 0.3 is 5.97 Å². The molecule has 0 atom stereocenters. The minimum atomic E-state index is -0.943. The average molecular weight is 420 g/mol. The number of benzene rings is 2. The Balaban J connectivity index is 1.41. The molecule has 0 saturated heterocycles. The third-order valence-corrected chi connectivity index (χ3v) is 5.93. The van der Waals surface area contributed by atoms with Crippen LogP contribution in [0.1, 0.15) is 48.9 Å². The minimum absolute atomic E-state index is 0.00985. The lowest BCUT2D eigenvalue weighted by molar-refractivity contribution is -0.148. The van der Waals surface area contributed by atoms with Crippen LogP contribution in [-0.2, 0) is 19.1 Å². The summed E-state index contributed by atoms with van der Waals surface area (Å²) in [5.74, 6) is -1.41. The van der Waals surface area contributed by atoms with Crippen LogP contribution in [0.25, 0.3) is 0 Å². The molecule has 4 rings (SSSR count). The largest absolute Gasteiger partial charge is 0.456 e. The van der Waals surface area contributed by atoms with Crippen LogP contribution in [0.2, 0.25) is 0 Å². The van der Waals surface area contributed by atoms with Crippen molar-refractivity contribution in [3.05, 3.63) is 60.2 Å². The van der Waals surface area contributed by atoms with Crippen LogP contribution in [0.5, 0.6) is 0 Å². The molecule has 7 heteroatoms. The van der Waals surface area contributed by atoms with Crippen LogP contribution in [-0.4, -0.2) is 35.7 Å². The summed E-state index contributed by atoms with van der Waals surface area (Å²) in [5, 5.41) is 2.91. The second kappa shape index (κ2) is 8.71. The number of nitrogens with one attached hydrogen (secondary N) is 1. The number of nitrogens with zero attached hydrogens (tertiary/aromatic N) is 1. The quantitative estimate of drug-likeness (QED) is 0.570. The molecule has 160 valence electrons. The third kappa shape index (κ3) is 4.08. The Labute approximate surface area is 180 Å². The number of ether oxygens (including phenoxy) is 1. The van der Waals surface area contributed by atoms with Crippen LogP contribution in [0.15, 0.2) is 54.6 Å². The molecule has 0 aromatic heterocycles. The molecule has 1 spiro atoms. The number of esters is 1.